The van der Waals surface area contributed by atoms with Crippen LogP contribution in [0, 0.1) is 6.92 Å². The fraction of sp³-hybridized carbons (Fsp3) is 0.273. The van der Waals surface area contributed by atoms with Crippen LogP contribution in [0.1, 0.15) is 9.88 Å². The van der Waals surface area contributed by atoms with E-state index in [0.29, 0.717) is 6.54 Å². The van der Waals surface area contributed by atoms with E-state index in [2.05, 4.69) is 9.97 Å². The largest absolute Gasteiger partial charge is 0.330 e. The minimum absolute atomic E-state index is 0.662. The molecule has 0 radical (unpaired) electrons. The highest BCUT2D eigenvalue weighted by atomic mass is 32.1. The minimum Gasteiger partial charge on any atom is -0.330 e. The summed E-state index contributed by atoms with van der Waals surface area (Å²) in [6, 6.07) is 3.96. The van der Waals surface area contributed by atoms with Gasteiger partial charge in [0.05, 0.1) is 10.7 Å². The Hall–Kier alpha value is -1.26. The first kappa shape index (κ1) is 10.3. The van der Waals surface area contributed by atoms with Gasteiger partial charge in [0.15, 0.2) is 0 Å². The Morgan fingerprint density at radius 3 is 3.00 bits per heavy atom. The Morgan fingerprint density at radius 1 is 1.47 bits per heavy atom. The Morgan fingerprint density at radius 2 is 2.33 bits per heavy atom. The Balaban J connectivity index is 2.43. The summed E-state index contributed by atoms with van der Waals surface area (Å²) in [5.74, 6) is 0. The molecule has 2 heterocycles. The summed E-state index contributed by atoms with van der Waals surface area (Å²) in [4.78, 5) is 9.88. The molecule has 0 aromatic carbocycles. The van der Waals surface area contributed by atoms with Crippen molar-refractivity contribution in [3.8, 4) is 11.3 Å². The van der Waals surface area contributed by atoms with Crippen LogP contribution in [0.5, 0.6) is 0 Å². The minimum atomic E-state index is 0.662. The van der Waals surface area contributed by atoms with Crippen molar-refractivity contribution in [2.24, 2.45) is 5.73 Å². The van der Waals surface area contributed by atoms with Crippen LogP contribution in [0.3, 0.4) is 0 Å². The Kier molecular flexibility index (Phi) is 3.08. The predicted molar refractivity (Wildman–Crippen MR) is 62.8 cm³/mol. The summed E-state index contributed by atoms with van der Waals surface area (Å²) < 4.78 is 0. The summed E-state index contributed by atoms with van der Waals surface area (Å²) in [6.45, 7) is 2.68. The normalized spacial score (nSPS) is 10.5. The number of pyridine rings is 1. The van der Waals surface area contributed by atoms with Gasteiger partial charge in [-0.25, -0.2) is 4.98 Å². The third-order valence-electron chi connectivity index (χ3n) is 2.11. The molecule has 15 heavy (non-hydrogen) atoms. The number of nitrogens with zero attached hydrogens (tertiary/aromatic N) is 2. The molecule has 0 bridgehead atoms. The van der Waals surface area contributed by atoms with Gasteiger partial charge in [0.1, 0.15) is 0 Å². The molecule has 0 spiro atoms. The van der Waals surface area contributed by atoms with E-state index in [-0.39, 0.29) is 0 Å². The highest BCUT2D eigenvalue weighted by Gasteiger charge is 2.10. The van der Waals surface area contributed by atoms with E-state index >= 15 is 0 Å². The molecule has 4 heteroatoms. The first-order chi connectivity index (χ1) is 7.31. The van der Waals surface area contributed by atoms with Gasteiger partial charge in [-0.3, -0.25) is 4.98 Å². The SMILES string of the molecule is Cc1nc(-c2cccnc2)c(CCN)s1. The zero-order chi connectivity index (χ0) is 10.7. The van der Waals surface area contributed by atoms with Gasteiger partial charge in [-0.15, -0.1) is 11.3 Å². The van der Waals surface area contributed by atoms with Crippen molar-refractivity contribution in [2.45, 2.75) is 13.3 Å². The molecule has 2 N–H and O–H groups in total. The van der Waals surface area contributed by atoms with Crippen LogP contribution < -0.4 is 5.73 Å². The van der Waals surface area contributed by atoms with Crippen LogP contribution in [0.25, 0.3) is 11.3 Å². The molecule has 0 unspecified atom stereocenters. The molecule has 0 amide bonds. The maximum absolute atomic E-state index is 5.58. The topological polar surface area (TPSA) is 51.8 Å². The fourth-order valence-corrected chi connectivity index (χ4v) is 2.47. The fourth-order valence-electron chi connectivity index (χ4n) is 1.50. The molecular weight excluding hydrogens is 206 g/mol. The molecule has 0 aliphatic carbocycles. The van der Waals surface area contributed by atoms with Crippen molar-refractivity contribution >= 4 is 11.3 Å². The predicted octanol–water partition coefficient (Wildman–Crippen LogP) is 2.01. The van der Waals surface area contributed by atoms with Crippen LogP contribution in [0.4, 0.5) is 0 Å². The summed E-state index contributed by atoms with van der Waals surface area (Å²) >= 11 is 1.71. The van der Waals surface area contributed by atoms with Gasteiger partial charge in [0.25, 0.3) is 0 Å². The maximum atomic E-state index is 5.58. The number of hydrogen-bond donors (Lipinski definition) is 1. The summed E-state index contributed by atoms with van der Waals surface area (Å²) in [5, 5.41) is 1.08. The standard InChI is InChI=1S/C11H13N3S/c1-8-14-11(10(15-8)4-5-12)9-3-2-6-13-7-9/h2-3,6-7H,4-5,12H2,1H3. The molecule has 0 atom stereocenters. The van der Waals surface area contributed by atoms with Crippen molar-refractivity contribution in [3.05, 3.63) is 34.4 Å². The lowest BCUT2D eigenvalue weighted by molar-refractivity contribution is 0.985. The second-order valence-corrected chi connectivity index (χ2v) is 4.57. The number of aryl methyl sites for hydroxylation is 1. The van der Waals surface area contributed by atoms with E-state index in [1.807, 2.05) is 25.3 Å². The number of rotatable bonds is 3. The summed E-state index contributed by atoms with van der Waals surface area (Å²) in [5.41, 5.74) is 7.69. The number of aromatic nitrogens is 2. The average Bonchev–Trinajstić information content (AvgIpc) is 2.62. The molecule has 0 aliphatic heterocycles. The van der Waals surface area contributed by atoms with Crippen molar-refractivity contribution in [1.82, 2.24) is 9.97 Å². The van der Waals surface area contributed by atoms with Crippen LogP contribution in [0.15, 0.2) is 24.5 Å². The molecule has 0 saturated heterocycles. The van der Waals surface area contributed by atoms with E-state index in [0.717, 1.165) is 22.7 Å². The quantitative estimate of drug-likeness (QED) is 0.859. The molecular formula is C11H13N3S. The first-order valence-electron chi connectivity index (χ1n) is 4.88. The summed E-state index contributed by atoms with van der Waals surface area (Å²) in [6.07, 6.45) is 4.50. The maximum Gasteiger partial charge on any atom is 0.0904 e. The Labute approximate surface area is 93.0 Å². The third-order valence-corrected chi connectivity index (χ3v) is 3.14. The number of nitrogens with two attached hydrogens (primary N) is 1. The zero-order valence-corrected chi connectivity index (χ0v) is 9.42. The number of hydrogen-bond acceptors (Lipinski definition) is 4. The van der Waals surface area contributed by atoms with Crippen molar-refractivity contribution in [2.75, 3.05) is 6.54 Å². The Bertz CT molecular complexity index is 436. The second kappa shape index (κ2) is 4.51. The molecule has 0 saturated carbocycles. The van der Waals surface area contributed by atoms with Crippen molar-refractivity contribution in [1.29, 1.82) is 0 Å². The van der Waals surface area contributed by atoms with Gasteiger partial charge in [0, 0.05) is 22.8 Å². The highest BCUT2D eigenvalue weighted by Crippen LogP contribution is 2.27. The van der Waals surface area contributed by atoms with E-state index in [1.165, 1.54) is 4.88 Å². The first-order valence-corrected chi connectivity index (χ1v) is 5.69. The van der Waals surface area contributed by atoms with Crippen LogP contribution in [-0.2, 0) is 6.42 Å². The van der Waals surface area contributed by atoms with Gasteiger partial charge >= 0.3 is 0 Å². The third kappa shape index (κ3) is 2.22. The van der Waals surface area contributed by atoms with Gasteiger partial charge in [0.2, 0.25) is 0 Å². The molecule has 2 rings (SSSR count). The van der Waals surface area contributed by atoms with Gasteiger partial charge in [-0.2, -0.15) is 0 Å². The smallest absolute Gasteiger partial charge is 0.0904 e. The zero-order valence-electron chi connectivity index (χ0n) is 8.60. The van der Waals surface area contributed by atoms with Crippen LogP contribution >= 0.6 is 11.3 Å². The molecule has 0 fully saturated rings. The molecule has 2 aromatic heterocycles. The molecule has 3 nitrogen and oxygen atoms in total. The lowest BCUT2D eigenvalue weighted by Gasteiger charge is -1.99. The van der Waals surface area contributed by atoms with Gasteiger partial charge in [-0.1, -0.05) is 0 Å². The lowest BCUT2D eigenvalue weighted by atomic mass is 10.1. The average molecular weight is 219 g/mol. The molecule has 2 aromatic rings. The van der Waals surface area contributed by atoms with Crippen LogP contribution in [0.2, 0.25) is 0 Å². The van der Waals surface area contributed by atoms with E-state index in [9.17, 15) is 0 Å². The van der Waals surface area contributed by atoms with E-state index in [4.69, 9.17) is 5.73 Å². The van der Waals surface area contributed by atoms with E-state index < -0.39 is 0 Å². The molecule has 78 valence electrons. The molecule has 0 aliphatic rings. The van der Waals surface area contributed by atoms with Gasteiger partial charge in [-0.05, 0) is 32.0 Å². The summed E-state index contributed by atoms with van der Waals surface area (Å²) in [7, 11) is 0. The number of thiazole rings is 1. The highest BCUT2D eigenvalue weighted by molar-refractivity contribution is 7.12. The monoisotopic (exact) mass is 219 g/mol. The van der Waals surface area contributed by atoms with Crippen molar-refractivity contribution < 1.29 is 0 Å². The van der Waals surface area contributed by atoms with Crippen molar-refractivity contribution in [3.63, 3.8) is 0 Å². The second-order valence-electron chi connectivity index (χ2n) is 3.29. The van der Waals surface area contributed by atoms with E-state index in [1.54, 1.807) is 17.5 Å². The van der Waals surface area contributed by atoms with Gasteiger partial charge < -0.3 is 5.73 Å². The lowest BCUT2D eigenvalue weighted by Crippen LogP contribution is -2.02. The van der Waals surface area contributed by atoms with Crippen LogP contribution in [-0.4, -0.2) is 16.5 Å².